The van der Waals surface area contributed by atoms with Gasteiger partial charge in [-0.3, -0.25) is 0 Å². The zero-order valence-corrected chi connectivity index (χ0v) is 10.3. The number of carboxylic acids is 1. The molecule has 5 nitrogen and oxygen atoms in total. The van der Waals surface area contributed by atoms with Gasteiger partial charge in [0.05, 0.1) is 5.56 Å². The lowest BCUT2D eigenvalue weighted by Crippen LogP contribution is -2.24. The zero-order chi connectivity index (χ0) is 12.3. The molecule has 0 amide bonds. The van der Waals surface area contributed by atoms with Crippen LogP contribution in [0.15, 0.2) is 27.3 Å². The SMILES string of the molecule is C=C(Cl)CNS(=O)(=O)c1cc(C(=O)O)cs1. The molecule has 0 aliphatic heterocycles. The van der Waals surface area contributed by atoms with Crippen LogP contribution in [0.25, 0.3) is 0 Å². The molecule has 88 valence electrons. The third-order valence-electron chi connectivity index (χ3n) is 1.54. The monoisotopic (exact) mass is 281 g/mol. The highest BCUT2D eigenvalue weighted by Crippen LogP contribution is 2.20. The molecule has 0 aliphatic carbocycles. The molecule has 1 rings (SSSR count). The van der Waals surface area contributed by atoms with Gasteiger partial charge in [-0.25, -0.2) is 17.9 Å². The number of nitrogens with one attached hydrogen (secondary N) is 1. The Hall–Kier alpha value is -0.890. The molecule has 0 saturated carbocycles. The summed E-state index contributed by atoms with van der Waals surface area (Å²) in [5.41, 5.74) is -0.0601. The normalized spacial score (nSPS) is 11.3. The Morgan fingerprint density at radius 2 is 2.25 bits per heavy atom. The molecule has 0 aliphatic rings. The van der Waals surface area contributed by atoms with Crippen LogP contribution >= 0.6 is 22.9 Å². The highest BCUT2D eigenvalue weighted by Gasteiger charge is 2.18. The first kappa shape index (κ1) is 13.2. The van der Waals surface area contributed by atoms with E-state index in [2.05, 4.69) is 11.3 Å². The molecule has 0 atom stereocenters. The molecule has 2 N–H and O–H groups in total. The molecular formula is C8H8ClNO4S2. The molecule has 0 fully saturated rings. The van der Waals surface area contributed by atoms with Gasteiger partial charge in [0.1, 0.15) is 4.21 Å². The van der Waals surface area contributed by atoms with Gasteiger partial charge in [-0.2, -0.15) is 0 Å². The van der Waals surface area contributed by atoms with Gasteiger partial charge in [0.2, 0.25) is 10.0 Å². The molecule has 1 aromatic heterocycles. The molecule has 1 heterocycles. The van der Waals surface area contributed by atoms with Gasteiger partial charge in [-0.15, -0.1) is 11.3 Å². The van der Waals surface area contributed by atoms with Crippen molar-refractivity contribution < 1.29 is 18.3 Å². The van der Waals surface area contributed by atoms with Crippen LogP contribution in [0.3, 0.4) is 0 Å². The first-order valence-electron chi connectivity index (χ1n) is 3.97. The van der Waals surface area contributed by atoms with E-state index in [1.54, 1.807) is 0 Å². The van der Waals surface area contributed by atoms with E-state index in [-0.39, 0.29) is 21.3 Å². The summed E-state index contributed by atoms with van der Waals surface area (Å²) in [5.74, 6) is -1.17. The van der Waals surface area contributed by atoms with E-state index >= 15 is 0 Å². The van der Waals surface area contributed by atoms with Gasteiger partial charge < -0.3 is 5.11 Å². The maximum atomic E-state index is 11.6. The van der Waals surface area contributed by atoms with E-state index in [0.29, 0.717) is 0 Å². The molecule has 0 unspecified atom stereocenters. The summed E-state index contributed by atoms with van der Waals surface area (Å²) in [7, 11) is -3.71. The van der Waals surface area contributed by atoms with Gasteiger partial charge in [0.25, 0.3) is 0 Å². The molecule has 0 radical (unpaired) electrons. The standard InChI is InChI=1S/C8H8ClNO4S2/c1-5(9)3-10-16(13,14)7-2-6(4-15-7)8(11)12/h2,4,10H,1,3H2,(H,11,12). The number of aromatic carboxylic acids is 1. The minimum absolute atomic E-state index is 0.0601. The van der Waals surface area contributed by atoms with Crippen LogP contribution in [0, 0.1) is 0 Å². The van der Waals surface area contributed by atoms with Crippen molar-refractivity contribution in [2.45, 2.75) is 4.21 Å². The number of carbonyl (C=O) groups is 1. The number of rotatable bonds is 5. The third-order valence-corrected chi connectivity index (χ3v) is 4.52. The molecular weight excluding hydrogens is 274 g/mol. The highest BCUT2D eigenvalue weighted by atomic mass is 35.5. The molecule has 0 aromatic carbocycles. The second kappa shape index (κ2) is 4.96. The number of halogens is 1. The predicted molar refractivity (Wildman–Crippen MR) is 61.5 cm³/mol. The second-order valence-electron chi connectivity index (χ2n) is 2.80. The van der Waals surface area contributed by atoms with Crippen LogP contribution in [0.4, 0.5) is 0 Å². The summed E-state index contributed by atoms with van der Waals surface area (Å²) in [4.78, 5) is 10.6. The Bertz CT molecular complexity index is 520. The molecule has 0 bridgehead atoms. The summed E-state index contributed by atoms with van der Waals surface area (Å²) >= 11 is 6.25. The van der Waals surface area contributed by atoms with E-state index in [1.807, 2.05) is 0 Å². The summed E-state index contributed by atoms with van der Waals surface area (Å²) in [6, 6.07) is 1.09. The van der Waals surface area contributed by atoms with E-state index in [9.17, 15) is 13.2 Å². The minimum atomic E-state index is -3.71. The Morgan fingerprint density at radius 3 is 2.69 bits per heavy atom. The average Bonchev–Trinajstić information content (AvgIpc) is 2.64. The van der Waals surface area contributed by atoms with Crippen molar-refractivity contribution in [3.8, 4) is 0 Å². The Labute approximate surface area is 101 Å². The Balaban J connectivity index is 2.90. The first-order chi connectivity index (χ1) is 7.33. The highest BCUT2D eigenvalue weighted by molar-refractivity contribution is 7.91. The van der Waals surface area contributed by atoms with Crippen LogP contribution in [-0.4, -0.2) is 26.0 Å². The van der Waals surface area contributed by atoms with Crippen LogP contribution in [0.2, 0.25) is 0 Å². The maximum absolute atomic E-state index is 11.6. The lowest BCUT2D eigenvalue weighted by atomic mass is 10.4. The van der Waals surface area contributed by atoms with Crippen molar-refractivity contribution in [3.63, 3.8) is 0 Å². The van der Waals surface area contributed by atoms with Crippen LogP contribution in [0.1, 0.15) is 10.4 Å². The summed E-state index contributed by atoms with van der Waals surface area (Å²) in [6.07, 6.45) is 0. The Morgan fingerprint density at radius 1 is 1.62 bits per heavy atom. The average molecular weight is 282 g/mol. The van der Waals surface area contributed by atoms with Crippen LogP contribution in [-0.2, 0) is 10.0 Å². The summed E-state index contributed by atoms with van der Waals surface area (Å²) in [6.45, 7) is 3.24. The zero-order valence-electron chi connectivity index (χ0n) is 7.94. The van der Waals surface area contributed by atoms with E-state index < -0.39 is 16.0 Å². The van der Waals surface area contributed by atoms with Crippen LogP contribution < -0.4 is 4.72 Å². The fourth-order valence-corrected chi connectivity index (χ4v) is 3.18. The molecule has 1 aromatic rings. The Kier molecular flexibility index (Phi) is 4.09. The lowest BCUT2D eigenvalue weighted by Gasteiger charge is -2.02. The topological polar surface area (TPSA) is 83.5 Å². The van der Waals surface area contributed by atoms with Crippen molar-refractivity contribution in [2.75, 3.05) is 6.54 Å². The summed E-state index contributed by atoms with van der Waals surface area (Å²) in [5, 5.41) is 10.0. The van der Waals surface area contributed by atoms with Crippen molar-refractivity contribution in [3.05, 3.63) is 28.6 Å². The largest absolute Gasteiger partial charge is 0.478 e. The molecule has 8 heteroatoms. The van der Waals surface area contributed by atoms with E-state index in [0.717, 1.165) is 17.4 Å². The number of thiophene rings is 1. The van der Waals surface area contributed by atoms with E-state index in [1.165, 1.54) is 5.38 Å². The van der Waals surface area contributed by atoms with Gasteiger partial charge in [0, 0.05) is 17.0 Å². The maximum Gasteiger partial charge on any atom is 0.336 e. The van der Waals surface area contributed by atoms with Gasteiger partial charge in [-0.1, -0.05) is 18.2 Å². The van der Waals surface area contributed by atoms with E-state index in [4.69, 9.17) is 16.7 Å². The van der Waals surface area contributed by atoms with Gasteiger partial charge >= 0.3 is 5.97 Å². The molecule has 0 saturated heterocycles. The van der Waals surface area contributed by atoms with Crippen molar-refractivity contribution in [2.24, 2.45) is 0 Å². The summed E-state index contributed by atoms with van der Waals surface area (Å²) < 4.78 is 25.3. The number of hydrogen-bond donors (Lipinski definition) is 2. The fraction of sp³-hybridized carbons (Fsp3) is 0.125. The third kappa shape index (κ3) is 3.31. The second-order valence-corrected chi connectivity index (χ2v) is 6.24. The fourth-order valence-electron chi connectivity index (χ4n) is 0.814. The van der Waals surface area contributed by atoms with Crippen LogP contribution in [0.5, 0.6) is 0 Å². The molecule has 0 spiro atoms. The van der Waals surface area contributed by atoms with Gasteiger partial charge in [-0.05, 0) is 6.07 Å². The van der Waals surface area contributed by atoms with Crippen molar-refractivity contribution >= 4 is 38.9 Å². The van der Waals surface area contributed by atoms with Crippen molar-refractivity contribution in [1.82, 2.24) is 4.72 Å². The van der Waals surface area contributed by atoms with Crippen molar-refractivity contribution in [1.29, 1.82) is 0 Å². The smallest absolute Gasteiger partial charge is 0.336 e. The predicted octanol–water partition coefficient (Wildman–Crippen LogP) is 1.48. The quantitative estimate of drug-likeness (QED) is 0.856. The van der Waals surface area contributed by atoms with Gasteiger partial charge in [0.15, 0.2) is 0 Å². The molecule has 16 heavy (non-hydrogen) atoms. The number of hydrogen-bond acceptors (Lipinski definition) is 4. The number of carboxylic acid groups (broad SMARTS) is 1. The lowest BCUT2D eigenvalue weighted by molar-refractivity contribution is 0.0697. The first-order valence-corrected chi connectivity index (χ1v) is 6.72. The minimum Gasteiger partial charge on any atom is -0.478 e. The number of sulfonamides is 1.